The highest BCUT2D eigenvalue weighted by Crippen LogP contribution is 2.28. The van der Waals surface area contributed by atoms with E-state index in [2.05, 4.69) is 15.3 Å². The molecule has 1 aliphatic rings. The molecule has 1 N–H and O–H groups in total. The molecule has 3 heterocycles. The van der Waals surface area contributed by atoms with Crippen LogP contribution in [0.5, 0.6) is 5.88 Å². The maximum absolute atomic E-state index is 12.6. The van der Waals surface area contributed by atoms with Crippen molar-refractivity contribution in [2.75, 3.05) is 12.9 Å². The highest BCUT2D eigenvalue weighted by atomic mass is 32.2. The van der Waals surface area contributed by atoms with Gasteiger partial charge in [-0.3, -0.25) is 4.79 Å². The Hall–Kier alpha value is -2.78. The van der Waals surface area contributed by atoms with Crippen LogP contribution in [0.2, 0.25) is 0 Å². The Labute approximate surface area is 159 Å². The van der Waals surface area contributed by atoms with E-state index in [-0.39, 0.29) is 17.2 Å². The standard InChI is InChI=1S/C18H15N3O4S2/c1-25-17-14(16(22)20-13-4-7-27(23,24)10-13)8-11-2-3-12(9-15(11)21-17)18-19-5-6-26-18/h2-9,13H,10H2,1H3,(H,20,22)/t13-/m1/s1. The van der Waals surface area contributed by atoms with Crippen LogP contribution in [0.25, 0.3) is 21.5 Å². The predicted octanol–water partition coefficient (Wildman–Crippen LogP) is 2.41. The zero-order valence-corrected chi connectivity index (χ0v) is 15.9. The van der Waals surface area contributed by atoms with Gasteiger partial charge in [-0.25, -0.2) is 18.4 Å². The summed E-state index contributed by atoms with van der Waals surface area (Å²) in [6.45, 7) is 0. The smallest absolute Gasteiger partial charge is 0.257 e. The van der Waals surface area contributed by atoms with Crippen LogP contribution in [0.3, 0.4) is 0 Å². The van der Waals surface area contributed by atoms with Gasteiger partial charge in [0.2, 0.25) is 5.88 Å². The van der Waals surface area contributed by atoms with Gasteiger partial charge in [0.05, 0.1) is 24.4 Å². The molecule has 0 bridgehead atoms. The van der Waals surface area contributed by atoms with E-state index in [1.165, 1.54) is 24.5 Å². The first kappa shape index (κ1) is 17.6. The average molecular weight is 401 g/mol. The van der Waals surface area contributed by atoms with Crippen LogP contribution in [0.4, 0.5) is 0 Å². The van der Waals surface area contributed by atoms with Crippen molar-refractivity contribution in [1.82, 2.24) is 15.3 Å². The Balaban J connectivity index is 1.67. The third-order valence-corrected chi connectivity index (χ3v) is 6.36. The molecule has 0 radical (unpaired) electrons. The average Bonchev–Trinajstić information content (AvgIpc) is 3.29. The summed E-state index contributed by atoms with van der Waals surface area (Å²) in [4.78, 5) is 21.4. The summed E-state index contributed by atoms with van der Waals surface area (Å²) in [6.07, 6.45) is 3.21. The van der Waals surface area contributed by atoms with Gasteiger partial charge in [0, 0.05) is 27.9 Å². The first-order valence-corrected chi connectivity index (χ1v) is 10.7. The van der Waals surface area contributed by atoms with Crippen molar-refractivity contribution in [2.45, 2.75) is 6.04 Å². The van der Waals surface area contributed by atoms with Gasteiger partial charge in [-0.05, 0) is 18.2 Å². The summed E-state index contributed by atoms with van der Waals surface area (Å²) in [6, 6.07) is 6.81. The molecule has 3 aromatic rings. The first-order valence-electron chi connectivity index (χ1n) is 8.06. The van der Waals surface area contributed by atoms with Gasteiger partial charge in [0.25, 0.3) is 5.91 Å². The number of hydrogen-bond donors (Lipinski definition) is 1. The minimum Gasteiger partial charge on any atom is -0.480 e. The number of carbonyl (C=O) groups is 1. The van der Waals surface area contributed by atoms with Crippen molar-refractivity contribution in [3.05, 3.63) is 52.9 Å². The van der Waals surface area contributed by atoms with Gasteiger partial charge >= 0.3 is 0 Å². The molecule has 0 saturated heterocycles. The summed E-state index contributed by atoms with van der Waals surface area (Å²) >= 11 is 1.53. The topological polar surface area (TPSA) is 98.2 Å². The van der Waals surface area contributed by atoms with E-state index in [1.54, 1.807) is 12.3 Å². The predicted molar refractivity (Wildman–Crippen MR) is 104 cm³/mol. The van der Waals surface area contributed by atoms with E-state index in [0.717, 1.165) is 21.4 Å². The minimum absolute atomic E-state index is 0.140. The normalized spacial score (nSPS) is 17.9. The van der Waals surface area contributed by atoms with Crippen molar-refractivity contribution >= 4 is 38.0 Å². The number of hydrogen-bond acceptors (Lipinski definition) is 7. The Morgan fingerprint density at radius 3 is 2.85 bits per heavy atom. The fraction of sp³-hybridized carbons (Fsp3) is 0.167. The molecule has 138 valence electrons. The molecular weight excluding hydrogens is 386 g/mol. The van der Waals surface area contributed by atoms with Crippen LogP contribution < -0.4 is 10.1 Å². The molecule has 9 heteroatoms. The number of nitrogens with zero attached hydrogens (tertiary/aromatic N) is 2. The van der Waals surface area contributed by atoms with Gasteiger partial charge in [-0.1, -0.05) is 12.1 Å². The maximum atomic E-state index is 12.6. The van der Waals surface area contributed by atoms with Gasteiger partial charge in [0.15, 0.2) is 9.84 Å². The Morgan fingerprint density at radius 2 is 2.19 bits per heavy atom. The van der Waals surface area contributed by atoms with E-state index >= 15 is 0 Å². The molecule has 2 aromatic heterocycles. The number of pyridine rings is 1. The number of amides is 1. The Kier molecular flexibility index (Phi) is 4.40. The zero-order valence-electron chi connectivity index (χ0n) is 14.2. The fourth-order valence-corrected chi connectivity index (χ4v) is 4.75. The first-order chi connectivity index (χ1) is 12.9. The van der Waals surface area contributed by atoms with E-state index in [9.17, 15) is 13.2 Å². The van der Waals surface area contributed by atoms with Gasteiger partial charge in [-0.15, -0.1) is 11.3 Å². The minimum atomic E-state index is -3.25. The number of methoxy groups -OCH3 is 1. The molecule has 0 fully saturated rings. The number of fused-ring (bicyclic) bond motifs is 1. The van der Waals surface area contributed by atoms with Crippen LogP contribution >= 0.6 is 11.3 Å². The molecule has 1 aromatic carbocycles. The van der Waals surface area contributed by atoms with Gasteiger partial charge in [-0.2, -0.15) is 0 Å². The molecule has 27 heavy (non-hydrogen) atoms. The zero-order chi connectivity index (χ0) is 19.0. The monoisotopic (exact) mass is 401 g/mol. The second-order valence-corrected chi connectivity index (χ2v) is 8.85. The second-order valence-electron chi connectivity index (χ2n) is 6.03. The molecule has 1 atom stereocenters. The third-order valence-electron chi connectivity index (χ3n) is 4.15. The quantitative estimate of drug-likeness (QED) is 0.721. The highest BCUT2D eigenvalue weighted by Gasteiger charge is 2.25. The number of aromatic nitrogens is 2. The summed E-state index contributed by atoms with van der Waals surface area (Å²) in [5, 5.41) is 7.37. The largest absolute Gasteiger partial charge is 0.480 e. The molecule has 1 amide bonds. The van der Waals surface area contributed by atoms with Crippen LogP contribution in [0, 0.1) is 0 Å². The fourth-order valence-electron chi connectivity index (χ4n) is 2.88. The number of ether oxygens (including phenoxy) is 1. The van der Waals surface area contributed by atoms with E-state index in [1.807, 2.05) is 23.6 Å². The maximum Gasteiger partial charge on any atom is 0.257 e. The number of thiazole rings is 1. The lowest BCUT2D eigenvalue weighted by Gasteiger charge is -2.13. The van der Waals surface area contributed by atoms with E-state index < -0.39 is 21.8 Å². The summed E-state index contributed by atoms with van der Waals surface area (Å²) in [5.74, 6) is -0.391. The van der Waals surface area contributed by atoms with E-state index in [0.29, 0.717) is 5.52 Å². The van der Waals surface area contributed by atoms with Crippen molar-refractivity contribution in [1.29, 1.82) is 0 Å². The third kappa shape index (κ3) is 3.56. The summed E-state index contributed by atoms with van der Waals surface area (Å²) in [7, 11) is -1.81. The lowest BCUT2D eigenvalue weighted by atomic mass is 10.1. The molecule has 0 aliphatic carbocycles. The molecule has 0 saturated carbocycles. The molecule has 7 nitrogen and oxygen atoms in total. The lowest BCUT2D eigenvalue weighted by Crippen LogP contribution is -2.35. The van der Waals surface area contributed by atoms with Crippen molar-refractivity contribution in [3.63, 3.8) is 0 Å². The summed E-state index contributed by atoms with van der Waals surface area (Å²) < 4.78 is 28.3. The molecule has 0 unspecified atom stereocenters. The second kappa shape index (κ2) is 6.75. The van der Waals surface area contributed by atoms with Crippen molar-refractivity contribution < 1.29 is 17.9 Å². The Bertz CT molecular complexity index is 1150. The molecule has 1 aliphatic heterocycles. The SMILES string of the molecule is COc1nc2cc(-c3nccs3)ccc2cc1C(=O)N[C@@H]1C=CS(=O)(=O)C1. The van der Waals surface area contributed by atoms with E-state index in [4.69, 9.17) is 4.74 Å². The Morgan fingerprint density at radius 1 is 1.33 bits per heavy atom. The lowest BCUT2D eigenvalue weighted by molar-refractivity contribution is 0.0944. The summed E-state index contributed by atoms with van der Waals surface area (Å²) in [5.41, 5.74) is 1.87. The van der Waals surface area contributed by atoms with Gasteiger partial charge in [0.1, 0.15) is 10.6 Å². The van der Waals surface area contributed by atoms with Crippen LogP contribution in [0.1, 0.15) is 10.4 Å². The number of benzene rings is 1. The molecule has 0 spiro atoms. The number of nitrogens with one attached hydrogen (secondary N) is 1. The molecular formula is C18H15N3O4S2. The number of carbonyl (C=O) groups excluding carboxylic acids is 1. The van der Waals surface area contributed by atoms with Gasteiger partial charge < -0.3 is 10.1 Å². The molecule has 4 rings (SSSR count). The van der Waals surface area contributed by atoms with Crippen LogP contribution in [0.15, 0.2) is 47.3 Å². The van der Waals surface area contributed by atoms with Crippen molar-refractivity contribution in [3.8, 4) is 16.5 Å². The van der Waals surface area contributed by atoms with Crippen molar-refractivity contribution in [2.24, 2.45) is 0 Å². The van der Waals surface area contributed by atoms with Crippen LogP contribution in [-0.4, -0.2) is 43.2 Å². The number of rotatable bonds is 4. The highest BCUT2D eigenvalue weighted by molar-refractivity contribution is 7.94. The van der Waals surface area contributed by atoms with Crippen LogP contribution in [-0.2, 0) is 9.84 Å². The number of sulfone groups is 1.